The molecule has 1 aliphatic carbocycles. The molecule has 26 heavy (non-hydrogen) atoms. The van der Waals surface area contributed by atoms with E-state index < -0.39 is 42.3 Å². The summed E-state index contributed by atoms with van der Waals surface area (Å²) in [5.41, 5.74) is 1.71. The summed E-state index contributed by atoms with van der Waals surface area (Å²) in [6.45, 7) is 10.5. The molecular weight excluding hydrogens is 336 g/mol. The molecule has 2 N–H and O–H groups in total. The van der Waals surface area contributed by atoms with Crippen LogP contribution in [0, 0.1) is 5.92 Å². The number of hydrogen-bond donors (Lipinski definition) is 2. The van der Waals surface area contributed by atoms with Gasteiger partial charge in [0.15, 0.2) is 0 Å². The zero-order valence-corrected chi connectivity index (χ0v) is 15.6. The third kappa shape index (κ3) is 3.97. The van der Waals surface area contributed by atoms with E-state index in [9.17, 15) is 19.8 Å². The van der Waals surface area contributed by atoms with Crippen molar-refractivity contribution < 1.29 is 29.3 Å². The Morgan fingerprint density at radius 3 is 2.62 bits per heavy atom. The van der Waals surface area contributed by atoms with E-state index in [0.29, 0.717) is 23.1 Å². The highest BCUT2D eigenvalue weighted by Gasteiger charge is 2.47. The van der Waals surface area contributed by atoms with Crippen LogP contribution in [0.2, 0.25) is 0 Å². The first-order chi connectivity index (χ1) is 12.2. The van der Waals surface area contributed by atoms with Gasteiger partial charge in [0.2, 0.25) is 0 Å². The highest BCUT2D eigenvalue weighted by atomic mass is 16.6. The Morgan fingerprint density at radius 1 is 1.35 bits per heavy atom. The van der Waals surface area contributed by atoms with Gasteiger partial charge in [0, 0.05) is 11.1 Å². The first kappa shape index (κ1) is 20.1. The predicted molar refractivity (Wildman–Crippen MR) is 96.0 cm³/mol. The largest absolute Gasteiger partial charge is 0.455 e. The number of rotatable bonds is 2. The minimum absolute atomic E-state index is 0.136. The predicted octanol–water partition coefficient (Wildman–Crippen LogP) is 1.98. The molecule has 2 rings (SSSR count). The number of fused-ring (bicyclic) bond motifs is 1. The molecule has 1 aliphatic heterocycles. The van der Waals surface area contributed by atoms with Gasteiger partial charge >= 0.3 is 11.9 Å². The van der Waals surface area contributed by atoms with Crippen molar-refractivity contribution in [2.45, 2.75) is 58.5 Å². The van der Waals surface area contributed by atoms with Crippen LogP contribution >= 0.6 is 0 Å². The first-order valence-corrected chi connectivity index (χ1v) is 8.62. The van der Waals surface area contributed by atoms with Crippen molar-refractivity contribution in [3.8, 4) is 0 Å². The maximum atomic E-state index is 12.3. The lowest BCUT2D eigenvalue weighted by atomic mass is 9.83. The fourth-order valence-electron chi connectivity index (χ4n) is 3.03. The molecule has 0 aromatic heterocycles. The van der Waals surface area contributed by atoms with E-state index in [-0.39, 0.29) is 5.57 Å². The first-order valence-electron chi connectivity index (χ1n) is 8.62. The van der Waals surface area contributed by atoms with Gasteiger partial charge in [0.05, 0.1) is 12.0 Å². The number of esters is 2. The zero-order valence-electron chi connectivity index (χ0n) is 15.6. The topological polar surface area (TPSA) is 93.1 Å². The molecule has 142 valence electrons. The Morgan fingerprint density at radius 2 is 2.00 bits per heavy atom. The molecule has 6 nitrogen and oxygen atoms in total. The molecule has 0 amide bonds. The molecule has 0 bridgehead atoms. The second kappa shape index (κ2) is 8.01. The summed E-state index contributed by atoms with van der Waals surface area (Å²) in [4.78, 5) is 24.4. The molecule has 0 spiro atoms. The Labute approximate surface area is 153 Å². The molecule has 6 heteroatoms. The van der Waals surface area contributed by atoms with Crippen LogP contribution < -0.4 is 0 Å². The molecule has 1 heterocycles. The quantitative estimate of drug-likeness (QED) is 0.443. The normalized spacial score (nSPS) is 37.0. The van der Waals surface area contributed by atoms with Crippen molar-refractivity contribution in [3.05, 3.63) is 47.1 Å². The highest BCUT2D eigenvalue weighted by Crippen LogP contribution is 2.36. The van der Waals surface area contributed by atoms with Crippen molar-refractivity contribution in [3.63, 3.8) is 0 Å². The van der Waals surface area contributed by atoms with Crippen LogP contribution in [0.5, 0.6) is 0 Å². The van der Waals surface area contributed by atoms with Gasteiger partial charge in [-0.05, 0) is 51.3 Å². The summed E-state index contributed by atoms with van der Waals surface area (Å²) < 4.78 is 10.9. The molecule has 1 fully saturated rings. The Balaban J connectivity index is 2.51. The second-order valence-electron chi connectivity index (χ2n) is 6.82. The molecule has 2 aliphatic rings. The lowest BCUT2D eigenvalue weighted by molar-refractivity contribution is -0.153. The monoisotopic (exact) mass is 362 g/mol. The molecule has 1 saturated heterocycles. The number of carbonyl (C=O) groups excluding carboxylic acids is 2. The van der Waals surface area contributed by atoms with Crippen molar-refractivity contribution in [1.82, 2.24) is 0 Å². The molecular formula is C20H26O6. The van der Waals surface area contributed by atoms with Gasteiger partial charge in [-0.3, -0.25) is 0 Å². The summed E-state index contributed by atoms with van der Waals surface area (Å²) in [6, 6.07) is 0. The number of aliphatic hydroxyl groups excluding tert-OH is 2. The van der Waals surface area contributed by atoms with E-state index in [1.807, 2.05) is 0 Å². The van der Waals surface area contributed by atoms with Crippen molar-refractivity contribution >= 4 is 11.9 Å². The van der Waals surface area contributed by atoms with Crippen LogP contribution in [0.4, 0.5) is 0 Å². The summed E-state index contributed by atoms with van der Waals surface area (Å²) in [5.74, 6) is -1.92. The number of ether oxygens (including phenoxy) is 2. The Hall–Kier alpha value is -2.18. The molecule has 0 unspecified atom stereocenters. The van der Waals surface area contributed by atoms with Gasteiger partial charge in [-0.2, -0.15) is 0 Å². The maximum Gasteiger partial charge on any atom is 0.334 e. The molecule has 0 saturated carbocycles. The number of hydrogen-bond acceptors (Lipinski definition) is 6. The van der Waals surface area contributed by atoms with E-state index in [0.717, 1.165) is 0 Å². The van der Waals surface area contributed by atoms with Gasteiger partial charge in [-0.1, -0.05) is 18.7 Å². The standard InChI is InChI=1S/C20H26O6/c1-6-10(2)19(23)26-18-16-13(5)20(24)25-15(16)9-12(4)14(21)8-7-11(3)17(18)22/h6-7,9,14-18,21-22H,5,8H2,1-4H3/b10-6-,11-7+,12-9-/t14-,15-,16+,17-,18-/m1/s1. The maximum absolute atomic E-state index is 12.3. The second-order valence-corrected chi connectivity index (χ2v) is 6.82. The van der Waals surface area contributed by atoms with Crippen molar-refractivity contribution in [2.75, 3.05) is 0 Å². The fourth-order valence-corrected chi connectivity index (χ4v) is 3.03. The van der Waals surface area contributed by atoms with Crippen molar-refractivity contribution in [2.24, 2.45) is 5.92 Å². The lowest BCUT2D eigenvalue weighted by Gasteiger charge is -2.31. The van der Waals surface area contributed by atoms with E-state index in [4.69, 9.17) is 9.47 Å². The van der Waals surface area contributed by atoms with Crippen molar-refractivity contribution in [1.29, 1.82) is 0 Å². The van der Waals surface area contributed by atoms with Crippen LogP contribution in [0.25, 0.3) is 0 Å². The Kier molecular flexibility index (Phi) is 6.21. The van der Waals surface area contributed by atoms with Gasteiger partial charge < -0.3 is 19.7 Å². The smallest absolute Gasteiger partial charge is 0.334 e. The van der Waals surface area contributed by atoms with Crippen LogP contribution in [-0.4, -0.2) is 46.6 Å². The number of carbonyl (C=O) groups is 2. The van der Waals surface area contributed by atoms with E-state index in [1.54, 1.807) is 45.9 Å². The minimum Gasteiger partial charge on any atom is -0.455 e. The summed E-state index contributed by atoms with van der Waals surface area (Å²) in [5, 5.41) is 21.0. The summed E-state index contributed by atoms with van der Waals surface area (Å²) in [7, 11) is 0. The third-order valence-electron chi connectivity index (χ3n) is 5.01. The van der Waals surface area contributed by atoms with Crippen LogP contribution in [-0.2, 0) is 19.1 Å². The molecule has 0 aromatic rings. The average Bonchev–Trinajstić information content (AvgIpc) is 2.88. The van der Waals surface area contributed by atoms with Crippen LogP contribution in [0.3, 0.4) is 0 Å². The van der Waals surface area contributed by atoms with Gasteiger partial charge in [0.25, 0.3) is 0 Å². The minimum atomic E-state index is -1.15. The summed E-state index contributed by atoms with van der Waals surface area (Å²) >= 11 is 0. The number of aliphatic hydroxyl groups is 2. The summed E-state index contributed by atoms with van der Waals surface area (Å²) in [6.07, 6.45) is 1.54. The van der Waals surface area contributed by atoms with E-state index in [2.05, 4.69) is 6.58 Å². The SMILES string of the molecule is C=C1C(=O)O[C@@H]2/C=C(/C)[C@H](O)C/C=C(\C)[C@@H](O)[C@H](OC(=O)/C(C)=C\C)[C@@H]12. The van der Waals surface area contributed by atoms with Crippen LogP contribution in [0.15, 0.2) is 47.1 Å². The number of allylic oxidation sites excluding steroid dienone is 1. The Bertz CT molecular complexity index is 699. The van der Waals surface area contributed by atoms with Crippen LogP contribution in [0.1, 0.15) is 34.1 Å². The van der Waals surface area contributed by atoms with Gasteiger partial charge in [-0.25, -0.2) is 9.59 Å². The van der Waals surface area contributed by atoms with E-state index in [1.165, 1.54) is 0 Å². The molecule has 0 aromatic carbocycles. The zero-order chi connectivity index (χ0) is 19.6. The van der Waals surface area contributed by atoms with Gasteiger partial charge in [-0.15, -0.1) is 0 Å². The lowest BCUT2D eigenvalue weighted by Crippen LogP contribution is -2.42. The highest BCUT2D eigenvalue weighted by molar-refractivity contribution is 5.92. The third-order valence-corrected chi connectivity index (χ3v) is 5.01. The molecule has 0 radical (unpaired) electrons. The van der Waals surface area contributed by atoms with Gasteiger partial charge in [0.1, 0.15) is 18.3 Å². The average molecular weight is 362 g/mol. The fraction of sp³-hybridized carbons (Fsp3) is 0.500. The van der Waals surface area contributed by atoms with E-state index >= 15 is 0 Å². The molecule has 5 atom stereocenters.